The molecule has 0 bridgehead atoms. The minimum Gasteiger partial charge on any atom is -0.477 e. The summed E-state index contributed by atoms with van der Waals surface area (Å²) in [6.45, 7) is 3.54. The summed E-state index contributed by atoms with van der Waals surface area (Å²) in [5.74, 6) is 1.01. The van der Waals surface area contributed by atoms with Gasteiger partial charge in [0.2, 0.25) is 15.9 Å². The molecule has 1 atom stereocenters. The molecule has 166 valence electrons. The average molecular weight is 444 g/mol. The van der Waals surface area contributed by atoms with Crippen molar-refractivity contribution in [3.05, 3.63) is 53.7 Å². The van der Waals surface area contributed by atoms with Gasteiger partial charge in [0.05, 0.1) is 11.5 Å². The molecule has 1 saturated carbocycles. The van der Waals surface area contributed by atoms with Crippen molar-refractivity contribution in [3.63, 3.8) is 0 Å². The number of benzene rings is 1. The first-order valence-electron chi connectivity index (χ1n) is 10.9. The number of pyridine rings is 1. The van der Waals surface area contributed by atoms with Gasteiger partial charge in [-0.1, -0.05) is 12.5 Å². The molecule has 2 heterocycles. The molecule has 7 nitrogen and oxygen atoms in total. The fourth-order valence-electron chi connectivity index (χ4n) is 3.72. The highest BCUT2D eigenvalue weighted by atomic mass is 32.2. The topological polar surface area (TPSA) is 88.6 Å². The van der Waals surface area contributed by atoms with Crippen LogP contribution in [0, 0.1) is 5.92 Å². The van der Waals surface area contributed by atoms with Crippen LogP contribution in [0.1, 0.15) is 54.9 Å². The van der Waals surface area contributed by atoms with Crippen LogP contribution >= 0.6 is 0 Å². The molecular weight excluding hydrogens is 414 g/mol. The van der Waals surface area contributed by atoms with Crippen LogP contribution in [0.25, 0.3) is 0 Å². The van der Waals surface area contributed by atoms with Crippen LogP contribution in [0.15, 0.2) is 47.5 Å². The predicted molar refractivity (Wildman–Crippen MR) is 117 cm³/mol. The van der Waals surface area contributed by atoms with E-state index in [0.717, 1.165) is 24.8 Å². The lowest BCUT2D eigenvalue weighted by molar-refractivity contribution is 0.0950. The Bertz CT molecular complexity index is 1000. The molecule has 1 aromatic heterocycles. The second-order valence-corrected chi connectivity index (χ2v) is 10.3. The highest BCUT2D eigenvalue weighted by molar-refractivity contribution is 7.89. The number of aromatic nitrogens is 1. The Morgan fingerprint density at radius 1 is 1.13 bits per heavy atom. The second-order valence-electron chi connectivity index (χ2n) is 8.43. The van der Waals surface area contributed by atoms with Crippen molar-refractivity contribution in [3.8, 4) is 5.88 Å². The fourth-order valence-corrected chi connectivity index (χ4v) is 5.42. The number of carbonyl (C=O) groups is 1. The molecule has 2 aromatic rings. The number of nitrogens with zero attached hydrogens (tertiary/aromatic N) is 2. The lowest BCUT2D eigenvalue weighted by Gasteiger charge is -2.32. The Morgan fingerprint density at radius 3 is 2.55 bits per heavy atom. The van der Waals surface area contributed by atoms with Gasteiger partial charge in [-0.15, -0.1) is 0 Å². The van der Waals surface area contributed by atoms with Gasteiger partial charge in [-0.25, -0.2) is 13.4 Å². The minimum atomic E-state index is -3.54. The summed E-state index contributed by atoms with van der Waals surface area (Å²) in [5.41, 5.74) is 1.29. The van der Waals surface area contributed by atoms with Crippen LogP contribution in [0.3, 0.4) is 0 Å². The molecule has 0 spiro atoms. The zero-order valence-corrected chi connectivity index (χ0v) is 18.6. The van der Waals surface area contributed by atoms with E-state index >= 15 is 0 Å². The number of hydrogen-bond donors (Lipinski definition) is 1. The van der Waals surface area contributed by atoms with Crippen molar-refractivity contribution >= 4 is 15.9 Å². The molecule has 2 aliphatic rings. The lowest BCUT2D eigenvalue weighted by atomic mass is 10.1. The molecule has 1 unspecified atom stereocenters. The number of carbonyl (C=O) groups excluding carboxylic acids is 1. The van der Waals surface area contributed by atoms with Gasteiger partial charge in [0.15, 0.2) is 0 Å². The number of ether oxygens (including phenoxy) is 1. The SMILES string of the molecule is CC1CCCCN1S(=O)(=O)c1ccc(C(=O)NCc2ccc(OCC3CC3)nc2)cc1. The second kappa shape index (κ2) is 9.36. The Balaban J connectivity index is 1.32. The maximum atomic E-state index is 12.9. The average Bonchev–Trinajstić information content (AvgIpc) is 3.61. The number of rotatable bonds is 8. The van der Waals surface area contributed by atoms with E-state index in [1.165, 1.54) is 25.0 Å². The maximum Gasteiger partial charge on any atom is 0.251 e. The molecule has 1 amide bonds. The smallest absolute Gasteiger partial charge is 0.251 e. The Kier molecular flexibility index (Phi) is 6.57. The zero-order valence-electron chi connectivity index (χ0n) is 17.8. The van der Waals surface area contributed by atoms with E-state index in [-0.39, 0.29) is 16.8 Å². The van der Waals surface area contributed by atoms with E-state index < -0.39 is 10.0 Å². The van der Waals surface area contributed by atoms with Gasteiger partial charge in [0.1, 0.15) is 0 Å². The van der Waals surface area contributed by atoms with Crippen LogP contribution in [-0.2, 0) is 16.6 Å². The third kappa shape index (κ3) is 5.43. The molecule has 1 aliphatic heterocycles. The summed E-state index contributed by atoms with van der Waals surface area (Å²) in [5, 5.41) is 2.84. The van der Waals surface area contributed by atoms with E-state index in [9.17, 15) is 13.2 Å². The standard InChI is InChI=1S/C23H29N3O4S/c1-17-4-2-3-13-26(17)31(28,29)21-10-8-20(9-11-21)23(27)25-15-19-7-12-22(24-14-19)30-16-18-5-6-18/h7-12,14,17-18H,2-6,13,15-16H2,1H3,(H,25,27). The van der Waals surface area contributed by atoms with Gasteiger partial charge in [0.25, 0.3) is 5.91 Å². The molecule has 1 aromatic carbocycles. The number of piperidine rings is 1. The largest absolute Gasteiger partial charge is 0.477 e. The molecule has 0 radical (unpaired) electrons. The van der Waals surface area contributed by atoms with E-state index in [4.69, 9.17) is 4.74 Å². The summed E-state index contributed by atoms with van der Waals surface area (Å²) in [4.78, 5) is 17.0. The first-order valence-corrected chi connectivity index (χ1v) is 12.4. The maximum absolute atomic E-state index is 12.9. The molecule has 31 heavy (non-hydrogen) atoms. The Morgan fingerprint density at radius 2 is 1.90 bits per heavy atom. The van der Waals surface area contributed by atoms with Crippen molar-refractivity contribution in [1.29, 1.82) is 0 Å². The molecule has 1 N–H and O–H groups in total. The van der Waals surface area contributed by atoms with Gasteiger partial charge in [-0.05, 0) is 68.4 Å². The molecule has 8 heteroatoms. The molecule has 4 rings (SSSR count). The highest BCUT2D eigenvalue weighted by Crippen LogP contribution is 2.29. The summed E-state index contributed by atoms with van der Waals surface area (Å²) >= 11 is 0. The minimum absolute atomic E-state index is 0.000768. The van der Waals surface area contributed by atoms with Gasteiger partial charge in [0, 0.05) is 37.0 Å². The number of nitrogens with one attached hydrogen (secondary N) is 1. The molecule has 2 fully saturated rings. The third-order valence-electron chi connectivity index (χ3n) is 5.88. The molecular formula is C23H29N3O4S. The summed E-state index contributed by atoms with van der Waals surface area (Å²) in [7, 11) is -3.54. The lowest BCUT2D eigenvalue weighted by Crippen LogP contribution is -2.41. The first kappa shape index (κ1) is 21.8. The molecule has 1 aliphatic carbocycles. The quantitative estimate of drug-likeness (QED) is 0.676. The predicted octanol–water partition coefficient (Wildman–Crippen LogP) is 3.36. The fraction of sp³-hybridized carbons (Fsp3) is 0.478. The summed E-state index contributed by atoms with van der Waals surface area (Å²) in [6.07, 6.45) is 6.97. The van der Waals surface area contributed by atoms with Crippen LogP contribution in [0.5, 0.6) is 5.88 Å². The number of amides is 1. The van der Waals surface area contributed by atoms with Crippen molar-refractivity contribution in [2.75, 3.05) is 13.2 Å². The number of hydrogen-bond acceptors (Lipinski definition) is 5. The monoisotopic (exact) mass is 443 g/mol. The Hall–Kier alpha value is -2.45. The van der Waals surface area contributed by atoms with Gasteiger partial charge < -0.3 is 10.1 Å². The van der Waals surface area contributed by atoms with Crippen molar-refractivity contribution in [2.24, 2.45) is 5.92 Å². The first-order chi connectivity index (χ1) is 14.9. The van der Waals surface area contributed by atoms with Crippen molar-refractivity contribution < 1.29 is 17.9 Å². The van der Waals surface area contributed by atoms with Crippen LogP contribution in [0.4, 0.5) is 0 Å². The third-order valence-corrected chi connectivity index (χ3v) is 7.91. The van der Waals surface area contributed by atoms with Crippen molar-refractivity contribution in [1.82, 2.24) is 14.6 Å². The summed E-state index contributed by atoms with van der Waals surface area (Å²) in [6, 6.07) is 9.84. The van der Waals surface area contributed by atoms with Gasteiger partial charge in [-0.3, -0.25) is 4.79 Å². The van der Waals surface area contributed by atoms with Crippen LogP contribution in [0.2, 0.25) is 0 Å². The van der Waals surface area contributed by atoms with Gasteiger partial charge in [-0.2, -0.15) is 4.31 Å². The van der Waals surface area contributed by atoms with Crippen molar-refractivity contribution in [2.45, 2.75) is 56.5 Å². The normalized spacial score (nSPS) is 19.7. The highest BCUT2D eigenvalue weighted by Gasteiger charge is 2.30. The zero-order chi connectivity index (χ0) is 21.8. The van der Waals surface area contributed by atoms with E-state index in [2.05, 4.69) is 10.3 Å². The van der Waals surface area contributed by atoms with E-state index in [0.29, 0.717) is 37.1 Å². The van der Waals surface area contributed by atoms with Crippen LogP contribution in [-0.4, -0.2) is 42.8 Å². The van der Waals surface area contributed by atoms with Gasteiger partial charge >= 0.3 is 0 Å². The van der Waals surface area contributed by atoms with E-state index in [1.807, 2.05) is 19.1 Å². The molecule has 1 saturated heterocycles. The van der Waals surface area contributed by atoms with Crippen LogP contribution < -0.4 is 10.1 Å². The van der Waals surface area contributed by atoms with E-state index in [1.54, 1.807) is 22.6 Å². The Labute approximate surface area is 183 Å². The number of sulfonamides is 1. The summed E-state index contributed by atoms with van der Waals surface area (Å²) < 4.78 is 33.0.